The van der Waals surface area contributed by atoms with Gasteiger partial charge in [0, 0.05) is 5.54 Å². The number of nitrogens with one attached hydrogen (secondary N) is 1. The lowest BCUT2D eigenvalue weighted by molar-refractivity contribution is -0.119. The Hall–Kier alpha value is -0.450. The van der Waals surface area contributed by atoms with Gasteiger partial charge in [0.15, 0.2) is 0 Å². The van der Waals surface area contributed by atoms with Gasteiger partial charge in [0.05, 0.1) is 19.8 Å². The van der Waals surface area contributed by atoms with Crippen LogP contribution in [0.3, 0.4) is 0 Å². The second kappa shape index (κ2) is 10.3. The number of phosphoric acid groups is 1. The molecule has 0 spiro atoms. The number of rotatable bonds is 7. The molecule has 6 heteroatoms. The van der Waals surface area contributed by atoms with Crippen molar-refractivity contribution in [3.63, 3.8) is 0 Å². The highest BCUT2D eigenvalue weighted by Crippen LogP contribution is 2.72. The first kappa shape index (κ1) is 31.0. The monoisotopic (exact) mass is 575 g/mol. The van der Waals surface area contributed by atoms with Crippen molar-refractivity contribution in [1.82, 2.24) is 5.32 Å². The molecule has 0 radical (unpaired) electrons. The molecule has 228 valence electrons. The summed E-state index contributed by atoms with van der Waals surface area (Å²) in [4.78, 5) is 0. The van der Waals surface area contributed by atoms with Gasteiger partial charge < -0.3 is 5.32 Å². The van der Waals surface area contributed by atoms with Crippen LogP contribution in [0.5, 0.6) is 0 Å². The lowest BCUT2D eigenvalue weighted by Crippen LogP contribution is -2.62. The van der Waals surface area contributed by atoms with Gasteiger partial charge in [-0.2, -0.15) is 0 Å². The average molecular weight is 576 g/mol. The first-order valence-corrected chi connectivity index (χ1v) is 17.8. The third-order valence-corrected chi connectivity index (χ3v) is 14.7. The molecule has 0 aromatic carbocycles. The van der Waals surface area contributed by atoms with Crippen molar-refractivity contribution in [2.45, 2.75) is 126 Å². The van der Waals surface area contributed by atoms with Crippen LogP contribution in [0.4, 0.5) is 0 Å². The lowest BCUT2D eigenvalue weighted by Gasteiger charge is -2.67. The van der Waals surface area contributed by atoms with E-state index < -0.39 is 7.82 Å². The van der Waals surface area contributed by atoms with E-state index in [1.54, 1.807) is 11.1 Å². The van der Waals surface area contributed by atoms with Crippen LogP contribution in [0.1, 0.15) is 120 Å². The second-order valence-corrected chi connectivity index (χ2v) is 17.6. The molecule has 3 fully saturated rings. The Kier molecular flexibility index (Phi) is 8.00. The molecule has 1 saturated heterocycles. The minimum atomic E-state index is -3.53. The maximum atomic E-state index is 13.1. The molecular formula is C34H58NO4P. The fourth-order valence-electron chi connectivity index (χ4n) is 10.4. The van der Waals surface area contributed by atoms with Crippen LogP contribution >= 0.6 is 7.82 Å². The molecular weight excluding hydrogens is 517 g/mol. The molecule has 0 aromatic heterocycles. The predicted octanol–water partition coefficient (Wildman–Crippen LogP) is 9.25. The normalized spacial score (nSPS) is 44.7. The fourth-order valence-corrected chi connectivity index (χ4v) is 11.8. The Morgan fingerprint density at radius 3 is 2.25 bits per heavy atom. The van der Waals surface area contributed by atoms with E-state index in [2.05, 4.69) is 65.9 Å². The molecule has 4 aliphatic carbocycles. The van der Waals surface area contributed by atoms with Crippen LogP contribution in [-0.4, -0.2) is 31.9 Å². The van der Waals surface area contributed by atoms with Gasteiger partial charge in [-0.1, -0.05) is 52.3 Å². The SMILES string of the molecule is CCOP(=O)(OCC)OC[C@]1(C)CC[C@]2(C)CC[C@]3(C)C(=C2C1)C=C[C@@H]1[C@@]2(C)CCCNC(C)(C)[C@@H]2CC[C@]13C. The van der Waals surface area contributed by atoms with E-state index in [0.29, 0.717) is 37.1 Å². The molecule has 1 heterocycles. The Bertz CT molecular complexity index is 1090. The fraction of sp³-hybridized carbons (Fsp3) is 0.882. The Balaban J connectivity index is 1.51. The topological polar surface area (TPSA) is 56.8 Å². The van der Waals surface area contributed by atoms with Gasteiger partial charge in [-0.25, -0.2) is 4.57 Å². The zero-order chi connectivity index (χ0) is 29.2. The average Bonchev–Trinajstić information content (AvgIpc) is 2.99. The smallest absolute Gasteiger partial charge is 0.311 e. The summed E-state index contributed by atoms with van der Waals surface area (Å²) in [6.07, 6.45) is 16.2. The van der Waals surface area contributed by atoms with Gasteiger partial charge >= 0.3 is 7.82 Å². The van der Waals surface area contributed by atoms with Crippen LogP contribution in [0.25, 0.3) is 0 Å². The van der Waals surface area contributed by atoms with Gasteiger partial charge in [-0.3, -0.25) is 13.6 Å². The molecule has 0 aromatic rings. The number of hydrogen-bond acceptors (Lipinski definition) is 5. The molecule has 0 bridgehead atoms. The van der Waals surface area contributed by atoms with Gasteiger partial charge in [0.25, 0.3) is 0 Å². The van der Waals surface area contributed by atoms with E-state index in [-0.39, 0.29) is 27.2 Å². The minimum absolute atomic E-state index is 0.0871. The minimum Gasteiger partial charge on any atom is -0.311 e. The van der Waals surface area contributed by atoms with E-state index in [1.165, 1.54) is 38.5 Å². The second-order valence-electron chi connectivity index (χ2n) is 15.9. The zero-order valence-corrected chi connectivity index (χ0v) is 28.0. The zero-order valence-electron chi connectivity index (χ0n) is 27.1. The van der Waals surface area contributed by atoms with Crippen LogP contribution in [-0.2, 0) is 18.1 Å². The molecule has 7 atom stereocenters. The van der Waals surface area contributed by atoms with Crippen molar-refractivity contribution in [1.29, 1.82) is 0 Å². The van der Waals surface area contributed by atoms with Crippen LogP contribution in [0.2, 0.25) is 0 Å². The quantitative estimate of drug-likeness (QED) is 0.307. The molecule has 5 nitrogen and oxygen atoms in total. The standard InChI is InChI=1S/C34H58NO4P/c1-10-37-40(36,38-11-2)39-24-30(5)18-19-31(6)20-21-33(8)25(26(31)23-30)13-14-28-32(7)16-12-22-35-29(3,4)27(32)15-17-34(28,33)9/h13-14,27-28,35H,10-12,15-24H2,1-9H3/t27-,28+,30+,31+,32-,33+,34+/m0/s1. The highest BCUT2D eigenvalue weighted by Gasteiger charge is 2.65. The summed E-state index contributed by atoms with van der Waals surface area (Å²) >= 11 is 0. The van der Waals surface area contributed by atoms with Gasteiger partial charge in [-0.05, 0) is 137 Å². The van der Waals surface area contributed by atoms with Gasteiger partial charge in [0.1, 0.15) is 0 Å². The maximum Gasteiger partial charge on any atom is 0.474 e. The summed E-state index contributed by atoms with van der Waals surface area (Å²) in [5.74, 6) is 1.29. The summed E-state index contributed by atoms with van der Waals surface area (Å²) in [5.41, 5.74) is 4.33. The van der Waals surface area contributed by atoms with Crippen molar-refractivity contribution in [3.8, 4) is 0 Å². The van der Waals surface area contributed by atoms with Crippen LogP contribution in [0.15, 0.2) is 23.3 Å². The molecule has 40 heavy (non-hydrogen) atoms. The van der Waals surface area contributed by atoms with Crippen LogP contribution in [0, 0.1) is 38.9 Å². The number of hydrogen-bond donors (Lipinski definition) is 1. The van der Waals surface area contributed by atoms with E-state index in [0.717, 1.165) is 25.8 Å². The van der Waals surface area contributed by atoms with Crippen molar-refractivity contribution in [3.05, 3.63) is 23.3 Å². The Labute approximate surface area is 245 Å². The summed E-state index contributed by atoms with van der Waals surface area (Å²) < 4.78 is 30.1. The summed E-state index contributed by atoms with van der Waals surface area (Å²) in [6, 6.07) is 0. The molecule has 5 aliphatic rings. The Morgan fingerprint density at radius 2 is 1.57 bits per heavy atom. The molecule has 0 unspecified atom stereocenters. The lowest BCUT2D eigenvalue weighted by atomic mass is 9.37. The third-order valence-electron chi connectivity index (χ3n) is 13.1. The number of allylic oxidation sites excluding steroid dienone is 4. The molecule has 1 N–H and O–H groups in total. The molecule has 5 rings (SSSR count). The summed E-state index contributed by atoms with van der Waals surface area (Å²) in [5, 5.41) is 3.93. The van der Waals surface area contributed by atoms with E-state index >= 15 is 0 Å². The largest absolute Gasteiger partial charge is 0.474 e. The van der Waals surface area contributed by atoms with E-state index in [9.17, 15) is 4.57 Å². The van der Waals surface area contributed by atoms with Gasteiger partial charge in [0.2, 0.25) is 0 Å². The molecule has 2 saturated carbocycles. The third kappa shape index (κ3) is 4.77. The van der Waals surface area contributed by atoms with E-state index in [1.807, 2.05) is 13.8 Å². The van der Waals surface area contributed by atoms with Crippen LogP contribution < -0.4 is 5.32 Å². The Morgan fingerprint density at radius 1 is 0.900 bits per heavy atom. The van der Waals surface area contributed by atoms with Crippen molar-refractivity contribution < 1.29 is 18.1 Å². The van der Waals surface area contributed by atoms with E-state index in [4.69, 9.17) is 13.6 Å². The van der Waals surface area contributed by atoms with Gasteiger partial charge in [-0.15, -0.1) is 0 Å². The number of phosphoric ester groups is 1. The maximum absolute atomic E-state index is 13.1. The highest BCUT2D eigenvalue weighted by molar-refractivity contribution is 7.48. The number of fused-ring (bicyclic) bond motifs is 6. The summed E-state index contributed by atoms with van der Waals surface area (Å²) in [6.45, 7) is 23.5. The van der Waals surface area contributed by atoms with Crippen molar-refractivity contribution in [2.24, 2.45) is 38.9 Å². The highest BCUT2D eigenvalue weighted by atomic mass is 31.2. The molecule has 1 aliphatic heterocycles. The van der Waals surface area contributed by atoms with Crippen molar-refractivity contribution >= 4 is 7.82 Å². The molecule has 0 amide bonds. The first-order chi connectivity index (χ1) is 18.6. The summed E-state index contributed by atoms with van der Waals surface area (Å²) in [7, 11) is -3.53. The van der Waals surface area contributed by atoms with Crippen molar-refractivity contribution in [2.75, 3.05) is 26.4 Å². The predicted molar refractivity (Wildman–Crippen MR) is 164 cm³/mol. The first-order valence-electron chi connectivity index (χ1n) is 16.3.